The molecule has 0 aromatic rings. The minimum atomic E-state index is 0. The van der Waals surface area contributed by atoms with Gasteiger partial charge in [0.15, 0.2) is 0 Å². The van der Waals surface area contributed by atoms with E-state index in [1.807, 2.05) is 0 Å². The number of thiocyanates is 2. The molecule has 0 amide bonds. The molecule has 0 unspecified atom stereocenters. The average molecular weight is 285 g/mol. The number of thioether (sulfide) groups is 1. The second kappa shape index (κ2) is 8.98. The summed E-state index contributed by atoms with van der Waals surface area (Å²) in [5.41, 5.74) is 0. The Balaban J connectivity index is 0. The minimum absolute atomic E-state index is 0. The van der Waals surface area contributed by atoms with Gasteiger partial charge in [0.25, 0.3) is 0 Å². The molecule has 0 radical (unpaired) electrons. The van der Waals surface area contributed by atoms with Crippen molar-refractivity contribution in [2.24, 2.45) is 0 Å². The van der Waals surface area contributed by atoms with Gasteiger partial charge in [0.1, 0.15) is 10.8 Å². The Labute approximate surface area is 60.6 Å². The topological polar surface area (TPSA) is 47.6 Å². The molecule has 0 saturated carbocycles. The standard InChI is InChI=1S/C2N2S.Hg/c3-1-5-2-4;. The van der Waals surface area contributed by atoms with Crippen LogP contribution in [0.2, 0.25) is 0 Å². The van der Waals surface area contributed by atoms with Crippen LogP contribution in [0.3, 0.4) is 0 Å². The van der Waals surface area contributed by atoms with Crippen molar-refractivity contribution in [3.05, 3.63) is 0 Å². The molecule has 26 valence electrons. The first-order chi connectivity index (χ1) is 2.41. The summed E-state index contributed by atoms with van der Waals surface area (Å²) in [6, 6.07) is 0. The van der Waals surface area contributed by atoms with Crippen LogP contribution in [0.25, 0.3) is 0 Å². The van der Waals surface area contributed by atoms with E-state index in [0.717, 1.165) is 0 Å². The number of nitrogens with zero attached hydrogens (tertiary/aromatic N) is 2. The van der Waals surface area contributed by atoms with Crippen LogP contribution in [0, 0.1) is 21.3 Å². The zero-order chi connectivity index (χ0) is 4.12. The summed E-state index contributed by atoms with van der Waals surface area (Å²) < 4.78 is 0. The van der Waals surface area contributed by atoms with Crippen molar-refractivity contribution in [1.29, 1.82) is 10.5 Å². The first-order valence-electron chi connectivity index (χ1n) is 0.855. The maximum atomic E-state index is 7.56. The second-order valence-corrected chi connectivity index (χ2v) is 0.854. The predicted octanol–water partition coefficient (Wildman–Crippen LogP) is 0.679. The van der Waals surface area contributed by atoms with Gasteiger partial charge >= 0.3 is 0 Å². The Kier molecular flexibility index (Phi) is 14.3. The van der Waals surface area contributed by atoms with Crippen LogP contribution in [-0.2, 0) is 27.7 Å². The SMILES string of the molecule is N#CSC#N.[Hg]. The fourth-order valence-electron chi connectivity index (χ4n) is 0.0204. The first-order valence-corrected chi connectivity index (χ1v) is 1.67. The maximum Gasteiger partial charge on any atom is 0.149 e. The summed E-state index contributed by atoms with van der Waals surface area (Å²) in [5, 5.41) is 18.3. The van der Waals surface area contributed by atoms with Crippen LogP contribution in [0.1, 0.15) is 0 Å². The molecule has 0 spiro atoms. The zero-order valence-electron chi connectivity index (χ0n) is 3.01. The van der Waals surface area contributed by atoms with Crippen LogP contribution >= 0.6 is 11.8 Å². The van der Waals surface area contributed by atoms with Gasteiger partial charge in [-0.1, -0.05) is 0 Å². The van der Waals surface area contributed by atoms with E-state index >= 15 is 0 Å². The molecule has 0 N–H and O–H groups in total. The van der Waals surface area contributed by atoms with E-state index in [1.165, 1.54) is 0 Å². The van der Waals surface area contributed by atoms with Crippen molar-refractivity contribution in [2.45, 2.75) is 0 Å². The molecule has 0 rings (SSSR count). The molecule has 0 bridgehead atoms. The monoisotopic (exact) mass is 286 g/mol. The number of hydrogen-bond donors (Lipinski definition) is 0. The number of rotatable bonds is 0. The molecule has 0 aliphatic rings. The predicted molar refractivity (Wildman–Crippen MR) is 18.8 cm³/mol. The van der Waals surface area contributed by atoms with E-state index < -0.39 is 0 Å². The van der Waals surface area contributed by atoms with Gasteiger partial charge in [0.05, 0.1) is 11.8 Å². The Morgan fingerprint density at radius 1 is 1.17 bits per heavy atom. The van der Waals surface area contributed by atoms with E-state index in [9.17, 15) is 0 Å². The van der Waals surface area contributed by atoms with Crippen LogP contribution in [-0.4, -0.2) is 0 Å². The Hall–Kier alpha value is 0.265. The van der Waals surface area contributed by atoms with Gasteiger partial charge < -0.3 is 0 Å². The van der Waals surface area contributed by atoms with Crippen molar-refractivity contribution in [2.75, 3.05) is 0 Å². The van der Waals surface area contributed by atoms with Crippen molar-refractivity contribution in [3.8, 4) is 10.8 Å². The zero-order valence-corrected chi connectivity index (χ0v) is 9.32. The van der Waals surface area contributed by atoms with E-state index in [2.05, 4.69) is 0 Å². The first kappa shape index (κ1) is 9.55. The summed E-state index contributed by atoms with van der Waals surface area (Å²) >= 11 is 0.574. The Morgan fingerprint density at radius 2 is 1.50 bits per heavy atom. The summed E-state index contributed by atoms with van der Waals surface area (Å²) in [6.45, 7) is 0. The molecule has 0 aromatic heterocycles. The van der Waals surface area contributed by atoms with Gasteiger partial charge in [0, 0.05) is 27.7 Å². The van der Waals surface area contributed by atoms with Gasteiger partial charge in [-0.3, -0.25) is 0 Å². The molecule has 0 fully saturated rings. The van der Waals surface area contributed by atoms with Crippen molar-refractivity contribution < 1.29 is 27.7 Å². The molecule has 0 saturated heterocycles. The fraction of sp³-hybridized carbons (Fsp3) is 0. The summed E-state index contributed by atoms with van der Waals surface area (Å²) in [5.74, 6) is 0. The third kappa shape index (κ3) is 8.86. The molecule has 0 aliphatic heterocycles. The van der Waals surface area contributed by atoms with Gasteiger partial charge in [-0.2, -0.15) is 10.5 Å². The molecule has 6 heavy (non-hydrogen) atoms. The van der Waals surface area contributed by atoms with E-state index in [4.69, 9.17) is 10.5 Å². The molecule has 0 atom stereocenters. The smallest absolute Gasteiger partial charge is 0.149 e. The number of nitriles is 2. The third-order valence-corrected chi connectivity index (χ3v) is 0.274. The van der Waals surface area contributed by atoms with Gasteiger partial charge in [0.2, 0.25) is 0 Å². The van der Waals surface area contributed by atoms with Crippen molar-refractivity contribution in [1.82, 2.24) is 0 Å². The minimum Gasteiger partial charge on any atom is -0.184 e. The van der Waals surface area contributed by atoms with E-state index in [-0.39, 0.29) is 27.7 Å². The molecule has 2 nitrogen and oxygen atoms in total. The third-order valence-electron chi connectivity index (χ3n) is 0.0913. The summed E-state index contributed by atoms with van der Waals surface area (Å²) in [4.78, 5) is 0. The van der Waals surface area contributed by atoms with Crippen LogP contribution < -0.4 is 0 Å². The molecule has 0 aliphatic carbocycles. The average Bonchev–Trinajstić information content (AvgIpc) is 1.41. The van der Waals surface area contributed by atoms with E-state index in [0.29, 0.717) is 11.8 Å². The Morgan fingerprint density at radius 3 is 1.50 bits per heavy atom. The number of hydrogen-bond acceptors (Lipinski definition) is 3. The van der Waals surface area contributed by atoms with Crippen LogP contribution in [0.5, 0.6) is 0 Å². The Bertz CT molecular complexity index is 76.7. The molecular weight excluding hydrogens is 285 g/mol. The normalized spacial score (nSPS) is 3.67. The summed E-state index contributed by atoms with van der Waals surface area (Å²) in [6.07, 6.45) is 0. The van der Waals surface area contributed by atoms with Gasteiger partial charge in [-0.05, 0) is 0 Å². The molecule has 0 heterocycles. The van der Waals surface area contributed by atoms with Crippen LogP contribution in [0.4, 0.5) is 0 Å². The molecular formula is C2HgN2S. The maximum absolute atomic E-state index is 7.56. The summed E-state index contributed by atoms with van der Waals surface area (Å²) in [7, 11) is 0. The second-order valence-electron chi connectivity index (χ2n) is 0.285. The fourth-order valence-corrected chi connectivity index (χ4v) is 0.0612. The van der Waals surface area contributed by atoms with Crippen LogP contribution in [0.15, 0.2) is 0 Å². The molecule has 4 heteroatoms. The quantitative estimate of drug-likeness (QED) is 0.485. The van der Waals surface area contributed by atoms with Crippen molar-refractivity contribution >= 4 is 11.8 Å². The van der Waals surface area contributed by atoms with Gasteiger partial charge in [-0.15, -0.1) is 0 Å². The van der Waals surface area contributed by atoms with Gasteiger partial charge in [-0.25, -0.2) is 0 Å². The largest absolute Gasteiger partial charge is 0.184 e. The molecule has 0 aromatic carbocycles. The van der Waals surface area contributed by atoms with Crippen molar-refractivity contribution in [3.63, 3.8) is 0 Å². The van der Waals surface area contributed by atoms with E-state index in [1.54, 1.807) is 10.8 Å².